The van der Waals surface area contributed by atoms with Gasteiger partial charge in [-0.05, 0) is 73.9 Å². The Morgan fingerprint density at radius 2 is 1.74 bits per heavy atom. The van der Waals surface area contributed by atoms with Crippen LogP contribution in [-0.4, -0.2) is 116 Å². The van der Waals surface area contributed by atoms with Crippen molar-refractivity contribution in [3.8, 4) is 0 Å². The maximum absolute atomic E-state index is 13.7. The second kappa shape index (κ2) is 16.4. The largest absolute Gasteiger partial charge is 0.459 e. The number of ether oxygens (including phenoxy) is 6. The highest BCUT2D eigenvalue weighted by atomic mass is 16.7. The number of cyclic esters (lactones) is 1. The Balaban J connectivity index is 2.23. The topological polar surface area (TPSA) is 116 Å². The third kappa shape index (κ3) is 8.43. The summed E-state index contributed by atoms with van der Waals surface area (Å²) in [7, 11) is 5.71. The highest BCUT2D eigenvalue weighted by molar-refractivity contribution is 5.73. The molecule has 0 saturated carbocycles. The van der Waals surface area contributed by atoms with Crippen LogP contribution in [0.4, 0.5) is 0 Å². The van der Waals surface area contributed by atoms with Crippen molar-refractivity contribution in [2.45, 2.75) is 142 Å². The molecular formula is C36H63NO9. The minimum Gasteiger partial charge on any atom is -0.459 e. The molecule has 10 heteroatoms. The van der Waals surface area contributed by atoms with Crippen molar-refractivity contribution in [1.82, 2.24) is 4.90 Å². The monoisotopic (exact) mass is 653 g/mol. The van der Waals surface area contributed by atoms with Crippen molar-refractivity contribution in [3.05, 3.63) is 23.8 Å². The third-order valence-corrected chi connectivity index (χ3v) is 10.8. The van der Waals surface area contributed by atoms with Gasteiger partial charge in [-0.3, -0.25) is 4.79 Å². The van der Waals surface area contributed by atoms with Gasteiger partial charge >= 0.3 is 5.97 Å². The van der Waals surface area contributed by atoms with Crippen LogP contribution in [0.1, 0.15) is 81.6 Å². The van der Waals surface area contributed by atoms with Crippen LogP contribution in [0.25, 0.3) is 0 Å². The fourth-order valence-corrected chi connectivity index (χ4v) is 8.20. The van der Waals surface area contributed by atoms with E-state index in [9.17, 15) is 15.0 Å². The Labute approximate surface area is 277 Å². The van der Waals surface area contributed by atoms with Crippen molar-refractivity contribution < 1.29 is 43.4 Å². The SMILES string of the molecule is C/C=C1\[C@H](C)C[C@@]2(C)OC/C=C\CO[C@H]([C@H]1C)[C@](C)(O)[C@@H](CC)OC(=O)C(C)[C@@H](O)[C@H](C)[C@H]2O[C@@H]1O[C@H](C)C[C@H](N(C)C)[C@H]1OC. The number of aliphatic hydroxyl groups is 2. The first-order valence-electron chi connectivity index (χ1n) is 17.2. The summed E-state index contributed by atoms with van der Waals surface area (Å²) in [5.74, 6) is -2.33. The molecule has 0 radical (unpaired) electrons. The Bertz CT molecular complexity index is 1050. The van der Waals surface area contributed by atoms with E-state index >= 15 is 0 Å². The van der Waals surface area contributed by atoms with Crippen LogP contribution < -0.4 is 0 Å². The summed E-state index contributed by atoms with van der Waals surface area (Å²) in [6.45, 7) is 17.9. The summed E-state index contributed by atoms with van der Waals surface area (Å²) in [5, 5.41) is 24.0. The number of allylic oxidation sites excluding steroid dienone is 1. The first-order valence-corrected chi connectivity index (χ1v) is 17.2. The summed E-state index contributed by atoms with van der Waals surface area (Å²) in [5.41, 5.74) is -1.35. The van der Waals surface area contributed by atoms with Gasteiger partial charge in [-0.1, -0.05) is 51.5 Å². The molecule has 14 atom stereocenters. The van der Waals surface area contributed by atoms with Gasteiger partial charge in [0.15, 0.2) is 6.29 Å². The van der Waals surface area contributed by atoms with Crippen LogP contribution >= 0.6 is 0 Å². The minimum atomic E-state index is -1.51. The summed E-state index contributed by atoms with van der Waals surface area (Å²) in [4.78, 5) is 15.8. The van der Waals surface area contributed by atoms with E-state index in [0.717, 1.165) is 12.0 Å². The van der Waals surface area contributed by atoms with Gasteiger partial charge in [-0.15, -0.1) is 0 Å². The van der Waals surface area contributed by atoms with Gasteiger partial charge < -0.3 is 43.5 Å². The van der Waals surface area contributed by atoms with Crippen LogP contribution in [0, 0.1) is 23.7 Å². The molecule has 266 valence electrons. The van der Waals surface area contributed by atoms with E-state index in [0.29, 0.717) is 12.8 Å². The molecule has 0 spiro atoms. The molecule has 0 aliphatic carbocycles. The number of carbonyl (C=O) groups is 1. The molecule has 3 aliphatic rings. The average Bonchev–Trinajstić information content (AvgIpc) is 2.99. The summed E-state index contributed by atoms with van der Waals surface area (Å²) in [6, 6.07) is 0.0458. The normalized spacial score (nSPS) is 46.9. The molecule has 2 fully saturated rings. The van der Waals surface area contributed by atoms with Crippen LogP contribution in [0.15, 0.2) is 23.8 Å². The molecule has 3 aliphatic heterocycles. The highest BCUT2D eigenvalue weighted by Crippen LogP contribution is 2.42. The number of esters is 1. The number of hydrogen-bond donors (Lipinski definition) is 2. The van der Waals surface area contributed by atoms with Crippen LogP contribution in [0.3, 0.4) is 0 Å². The Kier molecular flexibility index (Phi) is 13.9. The number of nitrogens with zero attached hydrogens (tertiary/aromatic N) is 1. The maximum Gasteiger partial charge on any atom is 0.311 e. The second-order valence-corrected chi connectivity index (χ2v) is 14.6. The van der Waals surface area contributed by atoms with E-state index in [4.69, 9.17) is 28.4 Å². The van der Waals surface area contributed by atoms with E-state index < -0.39 is 65.8 Å². The number of methoxy groups -OCH3 is 1. The Morgan fingerprint density at radius 1 is 1.09 bits per heavy atom. The third-order valence-electron chi connectivity index (χ3n) is 10.8. The van der Waals surface area contributed by atoms with Gasteiger partial charge in [-0.2, -0.15) is 0 Å². The van der Waals surface area contributed by atoms with Crippen molar-refractivity contribution in [1.29, 1.82) is 0 Å². The number of hydrogen-bond acceptors (Lipinski definition) is 10. The molecule has 3 rings (SSSR count). The molecule has 0 aromatic rings. The standard InChI is InChI=1S/C36H63NO9/c1-13-26-21(3)20-35(8)31(46-34-30(41-12)27(37(10)11)19-22(4)44-34)24(6)29(38)25(7)33(39)45-28(14-2)36(9,40)32(23(26)5)42-17-15-16-18-43-35/h13,15-16,21-25,27-32,34,38,40H,14,17-20H2,1-12H3/b16-15-,26-13+/t21-,22-,23+,24+,25?,27+,28-,29+,30-,31-,32-,34+,35-,36-/m1/s1. The zero-order chi connectivity index (χ0) is 34.6. The summed E-state index contributed by atoms with van der Waals surface area (Å²) in [6.07, 6.45) is 2.98. The van der Waals surface area contributed by atoms with Gasteiger partial charge in [0.25, 0.3) is 0 Å². The zero-order valence-electron chi connectivity index (χ0n) is 30.4. The molecule has 0 aromatic carbocycles. The van der Waals surface area contributed by atoms with Crippen molar-refractivity contribution >= 4 is 5.97 Å². The van der Waals surface area contributed by atoms with Gasteiger partial charge in [0.1, 0.15) is 17.8 Å². The first-order chi connectivity index (χ1) is 21.5. The van der Waals surface area contributed by atoms with Crippen molar-refractivity contribution in [2.75, 3.05) is 34.4 Å². The van der Waals surface area contributed by atoms with E-state index in [-0.39, 0.29) is 37.2 Å². The molecule has 2 N–H and O–H groups in total. The van der Waals surface area contributed by atoms with E-state index in [1.807, 2.05) is 60.9 Å². The van der Waals surface area contributed by atoms with E-state index in [2.05, 4.69) is 24.8 Å². The lowest BCUT2D eigenvalue weighted by atomic mass is 9.72. The molecule has 2 bridgehead atoms. The predicted molar refractivity (Wildman–Crippen MR) is 177 cm³/mol. The summed E-state index contributed by atoms with van der Waals surface area (Å²) < 4.78 is 38.6. The maximum atomic E-state index is 13.7. The lowest BCUT2D eigenvalue weighted by Crippen LogP contribution is -2.60. The molecule has 0 amide bonds. The molecule has 3 heterocycles. The van der Waals surface area contributed by atoms with Gasteiger partial charge in [-0.25, -0.2) is 0 Å². The molecule has 1 unspecified atom stereocenters. The number of likely N-dealkylation sites (N-methyl/N-ethyl adjacent to an activating group) is 1. The zero-order valence-corrected chi connectivity index (χ0v) is 30.4. The van der Waals surface area contributed by atoms with E-state index in [1.165, 1.54) is 0 Å². The van der Waals surface area contributed by atoms with Crippen molar-refractivity contribution in [2.24, 2.45) is 23.7 Å². The smallest absolute Gasteiger partial charge is 0.311 e. The molecular weight excluding hydrogens is 590 g/mol. The van der Waals surface area contributed by atoms with Gasteiger partial charge in [0, 0.05) is 25.0 Å². The molecule has 0 aromatic heterocycles. The lowest BCUT2D eigenvalue weighted by Gasteiger charge is -2.49. The Hall–Kier alpha value is -1.37. The number of fused-ring (bicyclic) bond motifs is 5. The number of carbonyl (C=O) groups excluding carboxylic acids is 1. The van der Waals surface area contributed by atoms with Gasteiger partial charge in [0.2, 0.25) is 0 Å². The van der Waals surface area contributed by atoms with Crippen LogP contribution in [0.5, 0.6) is 0 Å². The molecule has 10 nitrogen and oxygen atoms in total. The highest BCUT2D eigenvalue weighted by Gasteiger charge is 2.52. The predicted octanol–water partition coefficient (Wildman–Crippen LogP) is 4.51. The van der Waals surface area contributed by atoms with Crippen LogP contribution in [-0.2, 0) is 33.2 Å². The molecule has 2 saturated heterocycles. The average molecular weight is 654 g/mol. The molecule has 46 heavy (non-hydrogen) atoms. The fourth-order valence-electron chi connectivity index (χ4n) is 8.20. The van der Waals surface area contributed by atoms with E-state index in [1.54, 1.807) is 21.0 Å². The van der Waals surface area contributed by atoms with Crippen molar-refractivity contribution in [3.63, 3.8) is 0 Å². The summed E-state index contributed by atoms with van der Waals surface area (Å²) >= 11 is 0. The Morgan fingerprint density at radius 3 is 2.33 bits per heavy atom. The minimum absolute atomic E-state index is 0.0207. The van der Waals surface area contributed by atoms with Gasteiger partial charge in [0.05, 0.1) is 49.1 Å². The second-order valence-electron chi connectivity index (χ2n) is 14.6. The number of rotatable bonds is 5. The first kappa shape index (κ1) is 39.1. The number of aliphatic hydroxyl groups excluding tert-OH is 1. The lowest BCUT2D eigenvalue weighted by molar-refractivity contribution is -0.306. The van der Waals surface area contributed by atoms with Crippen LogP contribution in [0.2, 0.25) is 0 Å². The quantitative estimate of drug-likeness (QED) is 0.324. The fraction of sp³-hybridized carbons (Fsp3) is 0.861.